The van der Waals surface area contributed by atoms with Crippen molar-refractivity contribution in [1.82, 2.24) is 15.0 Å². The lowest BCUT2D eigenvalue weighted by molar-refractivity contribution is 1.07. The molecule has 0 bridgehead atoms. The van der Waals surface area contributed by atoms with Gasteiger partial charge in [0.2, 0.25) is 5.95 Å². The fourth-order valence-electron chi connectivity index (χ4n) is 2.82. The highest BCUT2D eigenvalue weighted by atomic mass is 35.5. The number of aromatic nitrogens is 3. The summed E-state index contributed by atoms with van der Waals surface area (Å²) in [5.41, 5.74) is 2.79. The first-order valence-corrected chi connectivity index (χ1v) is 9.52. The first-order valence-electron chi connectivity index (χ1n) is 8.77. The van der Waals surface area contributed by atoms with Crippen molar-refractivity contribution >= 4 is 45.9 Å². The van der Waals surface area contributed by atoms with Crippen LogP contribution in [0.3, 0.4) is 0 Å². The van der Waals surface area contributed by atoms with Gasteiger partial charge in [-0.1, -0.05) is 59.6 Å². The van der Waals surface area contributed by atoms with Crippen molar-refractivity contribution in [2.75, 3.05) is 10.6 Å². The van der Waals surface area contributed by atoms with Crippen LogP contribution in [0.5, 0.6) is 0 Å². The van der Waals surface area contributed by atoms with Crippen LogP contribution in [0, 0.1) is 0 Å². The highest BCUT2D eigenvalue weighted by Gasteiger charge is 2.07. The summed E-state index contributed by atoms with van der Waals surface area (Å²) in [5.74, 6) is 1.26. The second-order valence-corrected chi connectivity index (χ2v) is 6.99. The van der Waals surface area contributed by atoms with Gasteiger partial charge in [-0.15, -0.1) is 0 Å². The number of hydrogen-bond donors (Lipinski definition) is 2. The van der Waals surface area contributed by atoms with Crippen LogP contribution in [0.15, 0.2) is 67.0 Å². The quantitative estimate of drug-likeness (QED) is 0.436. The molecule has 0 unspecified atom stereocenters. The van der Waals surface area contributed by atoms with Crippen LogP contribution in [0.4, 0.5) is 11.8 Å². The summed E-state index contributed by atoms with van der Waals surface area (Å²) in [4.78, 5) is 13.4. The Morgan fingerprint density at radius 3 is 2.07 bits per heavy atom. The standard InChI is InChI=1S/C21H17Cl2N5/c22-17-7-3-1-5-14(17)11-25-20-16-13-27-21(28-19(16)9-10-24-20)26-12-15-6-2-4-8-18(15)23/h1-10,13H,11-12H2,(H,24,25)(H,26,27,28). The van der Waals surface area contributed by atoms with Gasteiger partial charge in [0, 0.05) is 35.5 Å². The number of hydrogen-bond acceptors (Lipinski definition) is 5. The molecule has 0 saturated carbocycles. The molecule has 0 amide bonds. The smallest absolute Gasteiger partial charge is 0.223 e. The third-order valence-corrected chi connectivity index (χ3v) is 5.05. The Morgan fingerprint density at radius 2 is 1.39 bits per heavy atom. The van der Waals surface area contributed by atoms with E-state index in [1.807, 2.05) is 54.6 Å². The van der Waals surface area contributed by atoms with E-state index >= 15 is 0 Å². The van der Waals surface area contributed by atoms with Crippen molar-refractivity contribution in [1.29, 1.82) is 0 Å². The average Bonchev–Trinajstić information content (AvgIpc) is 2.72. The summed E-state index contributed by atoms with van der Waals surface area (Å²) >= 11 is 12.4. The van der Waals surface area contributed by atoms with Gasteiger partial charge >= 0.3 is 0 Å². The maximum absolute atomic E-state index is 6.22. The van der Waals surface area contributed by atoms with E-state index < -0.39 is 0 Å². The predicted molar refractivity (Wildman–Crippen MR) is 115 cm³/mol. The third kappa shape index (κ3) is 4.16. The number of nitrogens with zero attached hydrogens (tertiary/aromatic N) is 3. The lowest BCUT2D eigenvalue weighted by Crippen LogP contribution is -2.06. The normalized spacial score (nSPS) is 10.8. The Kier molecular flexibility index (Phi) is 5.55. The van der Waals surface area contributed by atoms with E-state index in [0.717, 1.165) is 32.9 Å². The van der Waals surface area contributed by atoms with Crippen molar-refractivity contribution < 1.29 is 0 Å². The molecule has 28 heavy (non-hydrogen) atoms. The van der Waals surface area contributed by atoms with E-state index in [4.69, 9.17) is 23.2 Å². The number of fused-ring (bicyclic) bond motifs is 1. The van der Waals surface area contributed by atoms with E-state index in [9.17, 15) is 0 Å². The minimum absolute atomic E-state index is 0.538. The summed E-state index contributed by atoms with van der Waals surface area (Å²) in [6.45, 7) is 1.12. The van der Waals surface area contributed by atoms with Crippen molar-refractivity contribution in [3.8, 4) is 0 Å². The van der Waals surface area contributed by atoms with Crippen LogP contribution < -0.4 is 10.6 Å². The molecule has 0 radical (unpaired) electrons. The molecule has 2 aromatic heterocycles. The first-order chi connectivity index (χ1) is 13.7. The Hall–Kier alpha value is -2.89. The van der Waals surface area contributed by atoms with Gasteiger partial charge < -0.3 is 10.6 Å². The highest BCUT2D eigenvalue weighted by molar-refractivity contribution is 6.31. The van der Waals surface area contributed by atoms with E-state index in [0.29, 0.717) is 24.1 Å². The van der Waals surface area contributed by atoms with Crippen LogP contribution in [-0.2, 0) is 13.1 Å². The van der Waals surface area contributed by atoms with E-state index in [1.165, 1.54) is 0 Å². The number of nitrogens with one attached hydrogen (secondary N) is 2. The fraction of sp³-hybridized carbons (Fsp3) is 0.0952. The van der Waals surface area contributed by atoms with Gasteiger partial charge in [-0.05, 0) is 29.3 Å². The molecule has 2 heterocycles. The molecule has 140 valence electrons. The van der Waals surface area contributed by atoms with Gasteiger partial charge in [-0.2, -0.15) is 0 Å². The molecule has 7 heteroatoms. The summed E-state index contributed by atoms with van der Waals surface area (Å²) in [6, 6.07) is 17.3. The topological polar surface area (TPSA) is 62.7 Å². The number of rotatable bonds is 6. The SMILES string of the molecule is Clc1ccccc1CNc1ncc2c(NCc3ccccc3Cl)nccc2n1. The number of pyridine rings is 1. The number of anilines is 2. The monoisotopic (exact) mass is 409 g/mol. The van der Waals surface area contributed by atoms with E-state index in [-0.39, 0.29) is 0 Å². The summed E-state index contributed by atoms with van der Waals surface area (Å²) in [5, 5.41) is 8.81. The molecular weight excluding hydrogens is 393 g/mol. The molecule has 0 aliphatic rings. The minimum Gasteiger partial charge on any atom is -0.365 e. The predicted octanol–water partition coefficient (Wildman–Crippen LogP) is 5.56. The van der Waals surface area contributed by atoms with Crippen LogP contribution in [0.2, 0.25) is 10.0 Å². The van der Waals surface area contributed by atoms with Crippen LogP contribution in [0.1, 0.15) is 11.1 Å². The van der Waals surface area contributed by atoms with E-state index in [2.05, 4.69) is 25.6 Å². The maximum atomic E-state index is 6.22. The van der Waals surface area contributed by atoms with Crippen molar-refractivity contribution in [2.24, 2.45) is 0 Å². The maximum Gasteiger partial charge on any atom is 0.223 e. The molecule has 2 N–H and O–H groups in total. The molecule has 0 spiro atoms. The molecule has 4 rings (SSSR count). The molecule has 5 nitrogen and oxygen atoms in total. The molecule has 0 saturated heterocycles. The molecular formula is C21H17Cl2N5. The third-order valence-electron chi connectivity index (χ3n) is 4.31. The Morgan fingerprint density at radius 1 is 0.750 bits per heavy atom. The number of halogens is 2. The highest BCUT2D eigenvalue weighted by Crippen LogP contribution is 2.22. The van der Waals surface area contributed by atoms with E-state index in [1.54, 1.807) is 12.4 Å². The zero-order valence-electron chi connectivity index (χ0n) is 14.9. The molecule has 0 fully saturated rings. The Bertz CT molecular complexity index is 1120. The van der Waals surface area contributed by atoms with Crippen LogP contribution >= 0.6 is 23.2 Å². The van der Waals surface area contributed by atoms with Crippen molar-refractivity contribution in [3.63, 3.8) is 0 Å². The second kappa shape index (κ2) is 8.42. The van der Waals surface area contributed by atoms with Gasteiger partial charge in [0.05, 0.1) is 10.9 Å². The number of benzene rings is 2. The summed E-state index contributed by atoms with van der Waals surface area (Å²) < 4.78 is 0. The Balaban J connectivity index is 1.51. The summed E-state index contributed by atoms with van der Waals surface area (Å²) in [7, 11) is 0. The van der Waals surface area contributed by atoms with Crippen molar-refractivity contribution in [3.05, 3.63) is 88.2 Å². The average molecular weight is 410 g/mol. The van der Waals surface area contributed by atoms with Gasteiger partial charge in [0.15, 0.2) is 0 Å². The second-order valence-electron chi connectivity index (χ2n) is 6.18. The molecule has 0 aliphatic carbocycles. The molecule has 2 aromatic carbocycles. The lowest BCUT2D eigenvalue weighted by atomic mass is 10.2. The van der Waals surface area contributed by atoms with Gasteiger partial charge in [0.25, 0.3) is 0 Å². The van der Waals surface area contributed by atoms with Crippen molar-refractivity contribution in [2.45, 2.75) is 13.1 Å². The largest absolute Gasteiger partial charge is 0.365 e. The minimum atomic E-state index is 0.538. The van der Waals surface area contributed by atoms with Gasteiger partial charge in [-0.3, -0.25) is 0 Å². The van der Waals surface area contributed by atoms with Crippen LogP contribution in [0.25, 0.3) is 10.9 Å². The van der Waals surface area contributed by atoms with Gasteiger partial charge in [0.1, 0.15) is 5.82 Å². The first kappa shape index (κ1) is 18.5. The zero-order chi connectivity index (χ0) is 19.3. The zero-order valence-corrected chi connectivity index (χ0v) is 16.4. The van der Waals surface area contributed by atoms with Crippen LogP contribution in [-0.4, -0.2) is 15.0 Å². The molecule has 0 atom stereocenters. The Labute approximate surface area is 172 Å². The fourth-order valence-corrected chi connectivity index (χ4v) is 3.22. The van der Waals surface area contributed by atoms with Gasteiger partial charge in [-0.25, -0.2) is 15.0 Å². The lowest BCUT2D eigenvalue weighted by Gasteiger charge is -2.11. The molecule has 4 aromatic rings. The molecule has 0 aliphatic heterocycles. The summed E-state index contributed by atoms with van der Waals surface area (Å²) in [6.07, 6.45) is 3.49.